The number of halogens is 1. The summed E-state index contributed by atoms with van der Waals surface area (Å²) in [4.78, 5) is 20.1. The molecule has 0 atom stereocenters. The first-order valence-electron chi connectivity index (χ1n) is 9.28. The van der Waals surface area contributed by atoms with Crippen LogP contribution in [0.25, 0.3) is 22.3 Å². The van der Waals surface area contributed by atoms with Gasteiger partial charge in [-0.2, -0.15) is 0 Å². The smallest absolute Gasteiger partial charge is 0.224 e. The number of pyridine rings is 1. The van der Waals surface area contributed by atoms with Gasteiger partial charge in [0.1, 0.15) is 5.82 Å². The van der Waals surface area contributed by atoms with Crippen LogP contribution in [0.2, 0.25) is 0 Å². The molecular formula is C23H20FN3O. The largest absolute Gasteiger partial charge is 0.353 e. The lowest BCUT2D eigenvalue weighted by Gasteiger charge is -2.07. The molecule has 0 fully saturated rings. The number of amides is 1. The number of fused-ring (bicyclic) bond motifs is 1. The van der Waals surface area contributed by atoms with Gasteiger partial charge < -0.3 is 10.3 Å². The number of benzene rings is 2. The highest BCUT2D eigenvalue weighted by Gasteiger charge is 2.14. The average Bonchev–Trinajstić information content (AvgIpc) is 3.09. The Hall–Kier alpha value is -3.47. The fraction of sp³-hybridized carbons (Fsp3) is 0.130. The molecule has 0 unspecified atom stereocenters. The Morgan fingerprint density at radius 2 is 1.79 bits per heavy atom. The van der Waals surface area contributed by atoms with Crippen LogP contribution in [0.4, 0.5) is 10.1 Å². The first kappa shape index (κ1) is 17.9. The van der Waals surface area contributed by atoms with Gasteiger partial charge in [0, 0.05) is 23.5 Å². The van der Waals surface area contributed by atoms with Crippen LogP contribution in [-0.2, 0) is 11.2 Å². The van der Waals surface area contributed by atoms with Crippen molar-refractivity contribution in [1.29, 1.82) is 0 Å². The monoisotopic (exact) mass is 373 g/mol. The molecule has 4 nitrogen and oxygen atoms in total. The summed E-state index contributed by atoms with van der Waals surface area (Å²) in [5.74, 6) is -0.616. The summed E-state index contributed by atoms with van der Waals surface area (Å²) in [6.45, 7) is 0. The van der Waals surface area contributed by atoms with E-state index in [1.165, 1.54) is 6.07 Å². The van der Waals surface area contributed by atoms with Crippen molar-refractivity contribution in [2.45, 2.75) is 19.3 Å². The molecule has 28 heavy (non-hydrogen) atoms. The molecule has 0 bridgehead atoms. The lowest BCUT2D eigenvalue weighted by Crippen LogP contribution is -2.12. The fourth-order valence-corrected chi connectivity index (χ4v) is 3.39. The summed E-state index contributed by atoms with van der Waals surface area (Å²) in [5, 5.41) is 3.78. The lowest BCUT2D eigenvalue weighted by molar-refractivity contribution is -0.116. The zero-order valence-corrected chi connectivity index (χ0v) is 15.3. The molecular weight excluding hydrogens is 353 g/mol. The Morgan fingerprint density at radius 3 is 2.61 bits per heavy atom. The molecule has 2 heterocycles. The Balaban J connectivity index is 1.50. The van der Waals surface area contributed by atoms with E-state index in [0.29, 0.717) is 12.8 Å². The SMILES string of the molecule is O=C(CCCc1c(-c2ccccn2)[nH]c2ccccc12)Nc1ccccc1F. The van der Waals surface area contributed by atoms with Gasteiger partial charge in [0.15, 0.2) is 0 Å². The van der Waals surface area contributed by atoms with Crippen LogP contribution in [0.5, 0.6) is 0 Å². The number of aromatic amines is 1. The predicted octanol–water partition coefficient (Wildman–Crippen LogP) is 5.33. The van der Waals surface area contributed by atoms with Gasteiger partial charge in [-0.15, -0.1) is 0 Å². The van der Waals surface area contributed by atoms with E-state index in [-0.39, 0.29) is 11.6 Å². The first-order valence-corrected chi connectivity index (χ1v) is 9.28. The molecule has 4 rings (SSSR count). The number of para-hydroxylation sites is 2. The van der Waals surface area contributed by atoms with Crippen molar-refractivity contribution >= 4 is 22.5 Å². The van der Waals surface area contributed by atoms with E-state index in [1.807, 2.05) is 36.4 Å². The Morgan fingerprint density at radius 1 is 1.00 bits per heavy atom. The van der Waals surface area contributed by atoms with Gasteiger partial charge in [0.25, 0.3) is 0 Å². The van der Waals surface area contributed by atoms with Crippen LogP contribution in [-0.4, -0.2) is 15.9 Å². The van der Waals surface area contributed by atoms with Gasteiger partial charge in [-0.25, -0.2) is 4.39 Å². The van der Waals surface area contributed by atoms with Gasteiger partial charge in [-0.3, -0.25) is 9.78 Å². The maximum absolute atomic E-state index is 13.7. The van der Waals surface area contributed by atoms with Gasteiger partial charge in [-0.1, -0.05) is 36.4 Å². The first-order chi connectivity index (χ1) is 13.7. The van der Waals surface area contributed by atoms with Crippen molar-refractivity contribution in [3.8, 4) is 11.4 Å². The molecule has 0 saturated carbocycles. The van der Waals surface area contributed by atoms with Gasteiger partial charge in [0.05, 0.1) is 17.1 Å². The molecule has 2 aromatic heterocycles. The highest BCUT2D eigenvalue weighted by atomic mass is 19.1. The van der Waals surface area contributed by atoms with E-state index in [9.17, 15) is 9.18 Å². The van der Waals surface area contributed by atoms with Gasteiger partial charge in [-0.05, 0) is 48.7 Å². The molecule has 0 saturated heterocycles. The summed E-state index contributed by atoms with van der Waals surface area (Å²) < 4.78 is 13.7. The van der Waals surface area contributed by atoms with Crippen molar-refractivity contribution in [3.05, 3.63) is 84.3 Å². The number of aromatic nitrogens is 2. The molecule has 2 aromatic carbocycles. The Bertz CT molecular complexity index is 1110. The van der Waals surface area contributed by atoms with E-state index in [1.54, 1.807) is 24.4 Å². The van der Waals surface area contributed by atoms with Crippen LogP contribution < -0.4 is 5.32 Å². The Labute approximate surface area is 162 Å². The highest BCUT2D eigenvalue weighted by Crippen LogP contribution is 2.30. The topological polar surface area (TPSA) is 57.8 Å². The van der Waals surface area contributed by atoms with E-state index >= 15 is 0 Å². The molecule has 0 aliphatic carbocycles. The normalized spacial score (nSPS) is 10.9. The number of anilines is 1. The maximum Gasteiger partial charge on any atom is 0.224 e. The summed E-state index contributed by atoms with van der Waals surface area (Å²) >= 11 is 0. The number of hydrogen-bond donors (Lipinski definition) is 2. The second-order valence-electron chi connectivity index (χ2n) is 6.62. The predicted molar refractivity (Wildman–Crippen MR) is 109 cm³/mol. The number of H-pyrrole nitrogens is 1. The van der Waals surface area contributed by atoms with Crippen LogP contribution in [0.15, 0.2) is 72.9 Å². The fourth-order valence-electron chi connectivity index (χ4n) is 3.39. The zero-order valence-electron chi connectivity index (χ0n) is 15.3. The van der Waals surface area contributed by atoms with Crippen molar-refractivity contribution in [3.63, 3.8) is 0 Å². The number of aryl methyl sites for hydroxylation is 1. The van der Waals surface area contributed by atoms with E-state index in [0.717, 1.165) is 34.3 Å². The molecule has 0 radical (unpaired) electrons. The minimum Gasteiger partial charge on any atom is -0.353 e. The average molecular weight is 373 g/mol. The molecule has 0 spiro atoms. The van der Waals surface area contributed by atoms with E-state index < -0.39 is 5.82 Å². The highest BCUT2D eigenvalue weighted by molar-refractivity contribution is 5.92. The third kappa shape index (κ3) is 3.78. The third-order valence-corrected chi connectivity index (χ3v) is 4.71. The van der Waals surface area contributed by atoms with Crippen molar-refractivity contribution in [2.75, 3.05) is 5.32 Å². The molecule has 5 heteroatoms. The molecule has 0 aliphatic heterocycles. The molecule has 140 valence electrons. The van der Waals surface area contributed by atoms with Crippen LogP contribution in [0.1, 0.15) is 18.4 Å². The summed E-state index contributed by atoms with van der Waals surface area (Å²) in [6.07, 6.45) is 3.46. The molecule has 4 aromatic rings. The third-order valence-electron chi connectivity index (χ3n) is 4.71. The number of nitrogens with zero attached hydrogens (tertiary/aromatic N) is 1. The standard InChI is InChI=1S/C23H20FN3O/c24-18-10-2-4-12-20(18)26-22(28)14-7-9-17-16-8-1-3-11-19(16)27-23(17)21-13-5-6-15-25-21/h1-6,8,10-13,15,27H,7,9,14H2,(H,26,28). The number of carbonyl (C=O) groups excluding carboxylic acids is 1. The summed E-state index contributed by atoms with van der Waals surface area (Å²) in [7, 11) is 0. The van der Waals surface area contributed by atoms with Gasteiger partial charge in [0.2, 0.25) is 5.91 Å². The number of rotatable bonds is 6. The number of carbonyl (C=O) groups is 1. The maximum atomic E-state index is 13.7. The van der Waals surface area contributed by atoms with E-state index in [4.69, 9.17) is 0 Å². The molecule has 2 N–H and O–H groups in total. The second-order valence-corrected chi connectivity index (χ2v) is 6.62. The quantitative estimate of drug-likeness (QED) is 0.480. The van der Waals surface area contributed by atoms with Crippen molar-refractivity contribution in [1.82, 2.24) is 9.97 Å². The minimum atomic E-state index is -0.426. The lowest BCUT2D eigenvalue weighted by atomic mass is 10.0. The second kappa shape index (κ2) is 8.05. The number of nitrogens with one attached hydrogen (secondary N) is 2. The molecule has 1 amide bonds. The molecule has 0 aliphatic rings. The van der Waals surface area contributed by atoms with Crippen LogP contribution >= 0.6 is 0 Å². The summed E-state index contributed by atoms with van der Waals surface area (Å²) in [6, 6.07) is 20.1. The minimum absolute atomic E-state index is 0.190. The zero-order chi connectivity index (χ0) is 19.3. The van der Waals surface area contributed by atoms with Crippen molar-refractivity contribution < 1.29 is 9.18 Å². The van der Waals surface area contributed by atoms with Crippen molar-refractivity contribution in [2.24, 2.45) is 0 Å². The van der Waals surface area contributed by atoms with Crippen LogP contribution in [0.3, 0.4) is 0 Å². The van der Waals surface area contributed by atoms with Crippen LogP contribution in [0, 0.1) is 5.82 Å². The van der Waals surface area contributed by atoms with E-state index in [2.05, 4.69) is 21.4 Å². The van der Waals surface area contributed by atoms with Gasteiger partial charge >= 0.3 is 0 Å². The number of hydrogen-bond acceptors (Lipinski definition) is 2. The Kier molecular flexibility index (Phi) is 5.15. The summed E-state index contributed by atoms with van der Waals surface area (Å²) in [5.41, 5.74) is 4.27.